The Kier molecular flexibility index (Phi) is 9.43. The van der Waals surface area contributed by atoms with E-state index in [4.69, 9.17) is 5.73 Å². The predicted octanol–water partition coefficient (Wildman–Crippen LogP) is 7.39. The van der Waals surface area contributed by atoms with E-state index in [0.29, 0.717) is 0 Å². The van der Waals surface area contributed by atoms with Crippen molar-refractivity contribution in [3.05, 3.63) is 29.8 Å². The molecule has 0 amide bonds. The van der Waals surface area contributed by atoms with Gasteiger partial charge in [0.25, 0.3) is 0 Å². The molecular formula is C24H41N. The number of nitrogens with two attached hydrogens (primary N) is 1. The Balaban J connectivity index is 1.94. The van der Waals surface area contributed by atoms with E-state index in [1.165, 1.54) is 89.0 Å². The van der Waals surface area contributed by atoms with E-state index in [1.54, 1.807) is 0 Å². The molecule has 1 aromatic rings. The molecule has 1 fully saturated rings. The van der Waals surface area contributed by atoms with E-state index in [2.05, 4.69) is 38.1 Å². The van der Waals surface area contributed by atoms with Crippen molar-refractivity contribution in [1.82, 2.24) is 0 Å². The molecule has 0 heterocycles. The molecule has 0 aromatic heterocycles. The van der Waals surface area contributed by atoms with Crippen LogP contribution in [0, 0.1) is 17.8 Å². The Bertz CT molecular complexity index is 430. The standard InChI is InChI=1S/C24H41N/c1-20-11-9-7-5-3-4-6-8-10-12-21(2)18-23(17-20)19-22-13-15-24(25)16-14-22/h13-16,20-21,23H,3-12,17-19,25H2,1-2H3. The van der Waals surface area contributed by atoms with Crippen LogP contribution in [0.15, 0.2) is 24.3 Å². The zero-order chi connectivity index (χ0) is 17.9. The Morgan fingerprint density at radius 3 is 1.64 bits per heavy atom. The average molecular weight is 344 g/mol. The first kappa shape index (κ1) is 20.3. The zero-order valence-corrected chi connectivity index (χ0v) is 16.8. The summed E-state index contributed by atoms with van der Waals surface area (Å²) < 4.78 is 0. The molecule has 2 N–H and O–H groups in total. The largest absolute Gasteiger partial charge is 0.399 e. The van der Waals surface area contributed by atoms with Crippen LogP contribution in [0.4, 0.5) is 5.69 Å². The minimum atomic E-state index is 0.832. The van der Waals surface area contributed by atoms with Crippen LogP contribution in [0.1, 0.15) is 96.5 Å². The first-order valence-corrected chi connectivity index (χ1v) is 11.0. The second-order valence-corrected chi connectivity index (χ2v) is 8.90. The van der Waals surface area contributed by atoms with Crippen LogP contribution in [0.3, 0.4) is 0 Å². The number of nitrogen functional groups attached to an aromatic ring is 1. The first-order valence-electron chi connectivity index (χ1n) is 11.0. The minimum absolute atomic E-state index is 0.832. The van der Waals surface area contributed by atoms with E-state index in [1.807, 2.05) is 0 Å². The maximum Gasteiger partial charge on any atom is 0.0314 e. The van der Waals surface area contributed by atoms with Gasteiger partial charge < -0.3 is 5.73 Å². The Hall–Kier alpha value is -0.980. The molecule has 25 heavy (non-hydrogen) atoms. The summed E-state index contributed by atoms with van der Waals surface area (Å²) in [6, 6.07) is 8.60. The lowest BCUT2D eigenvalue weighted by Crippen LogP contribution is -2.14. The van der Waals surface area contributed by atoms with Crippen molar-refractivity contribution in [3.8, 4) is 0 Å². The summed E-state index contributed by atoms with van der Waals surface area (Å²) in [6.45, 7) is 4.97. The third kappa shape index (κ3) is 8.79. The summed E-state index contributed by atoms with van der Waals surface area (Å²) in [5, 5.41) is 0. The zero-order valence-electron chi connectivity index (χ0n) is 16.8. The van der Waals surface area contributed by atoms with Crippen LogP contribution < -0.4 is 5.73 Å². The molecule has 2 rings (SSSR count). The molecule has 0 radical (unpaired) electrons. The van der Waals surface area contributed by atoms with Gasteiger partial charge in [0.1, 0.15) is 0 Å². The molecule has 1 saturated carbocycles. The van der Waals surface area contributed by atoms with Gasteiger partial charge >= 0.3 is 0 Å². The normalized spacial score (nSPS) is 28.0. The third-order valence-corrected chi connectivity index (χ3v) is 6.12. The van der Waals surface area contributed by atoms with Gasteiger partial charge in [0.2, 0.25) is 0 Å². The molecule has 1 nitrogen and oxygen atoms in total. The Morgan fingerprint density at radius 1 is 0.720 bits per heavy atom. The van der Waals surface area contributed by atoms with E-state index < -0.39 is 0 Å². The van der Waals surface area contributed by atoms with Crippen molar-refractivity contribution in [2.45, 2.75) is 97.3 Å². The molecule has 0 bridgehead atoms. The lowest BCUT2D eigenvalue weighted by atomic mass is 9.81. The van der Waals surface area contributed by atoms with Gasteiger partial charge in [-0.3, -0.25) is 0 Å². The highest BCUT2D eigenvalue weighted by atomic mass is 14.5. The number of benzene rings is 1. The van der Waals surface area contributed by atoms with Gasteiger partial charge in [-0.05, 0) is 54.7 Å². The van der Waals surface area contributed by atoms with Gasteiger partial charge in [0, 0.05) is 5.69 Å². The average Bonchev–Trinajstić information content (AvgIpc) is 2.58. The second kappa shape index (κ2) is 11.6. The molecule has 0 aliphatic heterocycles. The van der Waals surface area contributed by atoms with E-state index in [0.717, 1.165) is 23.4 Å². The van der Waals surface area contributed by atoms with Crippen LogP contribution in [0.25, 0.3) is 0 Å². The summed E-state index contributed by atoms with van der Waals surface area (Å²) in [4.78, 5) is 0. The monoisotopic (exact) mass is 343 g/mol. The quantitative estimate of drug-likeness (QED) is 0.556. The number of hydrogen-bond donors (Lipinski definition) is 1. The maximum absolute atomic E-state index is 5.86. The lowest BCUT2D eigenvalue weighted by Gasteiger charge is -2.24. The number of rotatable bonds is 2. The highest BCUT2D eigenvalue weighted by molar-refractivity contribution is 5.39. The van der Waals surface area contributed by atoms with Crippen molar-refractivity contribution in [2.75, 3.05) is 5.73 Å². The van der Waals surface area contributed by atoms with Crippen molar-refractivity contribution in [1.29, 1.82) is 0 Å². The Labute approximate surface area is 156 Å². The van der Waals surface area contributed by atoms with Crippen molar-refractivity contribution in [3.63, 3.8) is 0 Å². The second-order valence-electron chi connectivity index (χ2n) is 8.90. The summed E-state index contributed by atoms with van der Waals surface area (Å²) in [5.41, 5.74) is 8.21. The smallest absolute Gasteiger partial charge is 0.0314 e. The summed E-state index contributed by atoms with van der Waals surface area (Å²) >= 11 is 0. The Morgan fingerprint density at radius 2 is 1.16 bits per heavy atom. The van der Waals surface area contributed by atoms with Gasteiger partial charge in [0.15, 0.2) is 0 Å². The number of anilines is 1. The third-order valence-electron chi connectivity index (χ3n) is 6.12. The molecule has 1 heteroatoms. The van der Waals surface area contributed by atoms with Gasteiger partial charge in [0.05, 0.1) is 0 Å². The fourth-order valence-corrected chi connectivity index (χ4v) is 4.67. The highest BCUT2D eigenvalue weighted by Crippen LogP contribution is 2.29. The molecule has 142 valence electrons. The van der Waals surface area contributed by atoms with Gasteiger partial charge in [-0.2, -0.15) is 0 Å². The predicted molar refractivity (Wildman–Crippen MR) is 112 cm³/mol. The fraction of sp³-hybridized carbons (Fsp3) is 0.750. The van der Waals surface area contributed by atoms with Crippen LogP contribution >= 0.6 is 0 Å². The van der Waals surface area contributed by atoms with Gasteiger partial charge in [-0.15, -0.1) is 0 Å². The molecule has 0 saturated heterocycles. The summed E-state index contributed by atoms with van der Waals surface area (Å²) in [5.74, 6) is 2.57. The van der Waals surface area contributed by atoms with Crippen LogP contribution in [-0.2, 0) is 6.42 Å². The number of hydrogen-bond acceptors (Lipinski definition) is 1. The molecule has 1 aliphatic rings. The minimum Gasteiger partial charge on any atom is -0.399 e. The molecule has 2 unspecified atom stereocenters. The maximum atomic E-state index is 5.86. The SMILES string of the molecule is CC1CCCCCCCCCCC(C)CC(Cc2ccc(N)cc2)C1. The molecule has 2 atom stereocenters. The van der Waals surface area contributed by atoms with Crippen molar-refractivity contribution >= 4 is 5.69 Å². The van der Waals surface area contributed by atoms with Crippen molar-refractivity contribution in [2.24, 2.45) is 17.8 Å². The van der Waals surface area contributed by atoms with Crippen molar-refractivity contribution < 1.29 is 0 Å². The molecule has 1 aromatic carbocycles. The lowest BCUT2D eigenvalue weighted by molar-refractivity contribution is 0.297. The van der Waals surface area contributed by atoms with E-state index in [-0.39, 0.29) is 0 Å². The molecule has 0 spiro atoms. The van der Waals surface area contributed by atoms with Crippen LogP contribution in [0.5, 0.6) is 0 Å². The van der Waals surface area contributed by atoms with Gasteiger partial charge in [-0.25, -0.2) is 0 Å². The first-order chi connectivity index (χ1) is 12.1. The summed E-state index contributed by atoms with van der Waals surface area (Å²) in [6.07, 6.45) is 18.5. The fourth-order valence-electron chi connectivity index (χ4n) is 4.67. The van der Waals surface area contributed by atoms with E-state index >= 15 is 0 Å². The van der Waals surface area contributed by atoms with Gasteiger partial charge in [-0.1, -0.05) is 90.2 Å². The molecule has 1 aliphatic carbocycles. The topological polar surface area (TPSA) is 26.0 Å². The van der Waals surface area contributed by atoms with Crippen LogP contribution in [0.2, 0.25) is 0 Å². The van der Waals surface area contributed by atoms with E-state index in [9.17, 15) is 0 Å². The highest BCUT2D eigenvalue weighted by Gasteiger charge is 2.17. The molecular weight excluding hydrogens is 302 g/mol. The van der Waals surface area contributed by atoms with Crippen LogP contribution in [-0.4, -0.2) is 0 Å². The summed E-state index contributed by atoms with van der Waals surface area (Å²) in [7, 11) is 0.